The van der Waals surface area contributed by atoms with Crippen molar-refractivity contribution in [1.82, 2.24) is 0 Å². The summed E-state index contributed by atoms with van der Waals surface area (Å²) < 4.78 is 42.5. The van der Waals surface area contributed by atoms with Crippen molar-refractivity contribution in [3.05, 3.63) is 0 Å². The summed E-state index contributed by atoms with van der Waals surface area (Å²) in [5.41, 5.74) is -2.52. The molecule has 2 fully saturated rings. The van der Waals surface area contributed by atoms with Gasteiger partial charge in [-0.3, -0.25) is 4.79 Å². The van der Waals surface area contributed by atoms with Gasteiger partial charge in [-0.1, -0.05) is 0 Å². The zero-order valence-corrected chi connectivity index (χ0v) is 8.54. The van der Waals surface area contributed by atoms with Crippen molar-refractivity contribution in [2.45, 2.75) is 31.0 Å². The number of hydrogen-bond donors (Lipinski definition) is 1. The molecule has 0 radical (unpaired) electrons. The average Bonchev–Trinajstić information content (AvgIpc) is 2.70. The molecule has 16 heavy (non-hydrogen) atoms. The van der Waals surface area contributed by atoms with Crippen LogP contribution in [0, 0.1) is 17.8 Å². The molecule has 3 nitrogen and oxygen atoms in total. The van der Waals surface area contributed by atoms with Crippen molar-refractivity contribution in [2.75, 3.05) is 6.61 Å². The van der Waals surface area contributed by atoms with Crippen LogP contribution in [0.15, 0.2) is 0 Å². The molecule has 4 unspecified atom stereocenters. The summed E-state index contributed by atoms with van der Waals surface area (Å²) in [6.07, 6.45) is -4.14. The molecule has 2 aliphatic carbocycles. The number of aliphatic hydroxyl groups is 1. The van der Waals surface area contributed by atoms with Crippen LogP contribution in [0.4, 0.5) is 13.2 Å². The third-order valence-corrected chi connectivity index (χ3v) is 3.96. The first-order valence-corrected chi connectivity index (χ1v) is 5.23. The third kappa shape index (κ3) is 1.59. The maximum atomic E-state index is 12.6. The fraction of sp³-hybridized carbons (Fsp3) is 0.900. The Morgan fingerprint density at radius 1 is 1.44 bits per heavy atom. The second-order valence-electron chi connectivity index (χ2n) is 4.74. The van der Waals surface area contributed by atoms with Gasteiger partial charge >= 0.3 is 6.18 Å². The molecule has 2 rings (SSSR count). The molecular weight excluding hydrogens is 225 g/mol. The Morgan fingerprint density at radius 3 is 2.56 bits per heavy atom. The third-order valence-electron chi connectivity index (χ3n) is 3.96. The van der Waals surface area contributed by atoms with Crippen molar-refractivity contribution < 1.29 is 27.8 Å². The molecule has 1 N–H and O–H groups in total. The highest BCUT2D eigenvalue weighted by atomic mass is 19.4. The molecule has 6 heteroatoms. The maximum Gasteiger partial charge on any atom is 0.417 e. The Kier molecular flexibility index (Phi) is 2.64. The molecule has 0 aromatic rings. The molecule has 2 aliphatic rings. The minimum absolute atomic E-state index is 0.0298. The van der Waals surface area contributed by atoms with E-state index in [0.717, 1.165) is 0 Å². The second kappa shape index (κ2) is 3.61. The van der Waals surface area contributed by atoms with Gasteiger partial charge in [0.25, 0.3) is 6.47 Å². The number of rotatable bonds is 3. The molecule has 0 amide bonds. The molecule has 2 saturated carbocycles. The number of carbonyl (C=O) groups excluding carboxylic acids is 1. The second-order valence-corrected chi connectivity index (χ2v) is 4.74. The fourth-order valence-corrected chi connectivity index (χ4v) is 3.13. The zero-order valence-electron chi connectivity index (χ0n) is 8.54. The van der Waals surface area contributed by atoms with E-state index in [9.17, 15) is 23.1 Å². The Labute approximate surface area is 90.6 Å². The van der Waals surface area contributed by atoms with Crippen molar-refractivity contribution in [3.8, 4) is 0 Å². The highest BCUT2D eigenvalue weighted by molar-refractivity contribution is 5.36. The predicted molar refractivity (Wildman–Crippen MR) is 47.3 cm³/mol. The number of fused-ring (bicyclic) bond motifs is 2. The quantitative estimate of drug-likeness (QED) is 0.758. The lowest BCUT2D eigenvalue weighted by Gasteiger charge is -2.36. The highest BCUT2D eigenvalue weighted by Crippen LogP contribution is 2.58. The topological polar surface area (TPSA) is 46.5 Å². The van der Waals surface area contributed by atoms with Crippen LogP contribution in [0.1, 0.15) is 19.3 Å². The smallest absolute Gasteiger partial charge is 0.417 e. The van der Waals surface area contributed by atoms with Crippen LogP contribution in [0.2, 0.25) is 0 Å². The van der Waals surface area contributed by atoms with Crippen molar-refractivity contribution in [1.29, 1.82) is 0 Å². The molecule has 0 aromatic heterocycles. The minimum Gasteiger partial charge on any atom is -0.468 e. The van der Waals surface area contributed by atoms with Crippen molar-refractivity contribution in [3.63, 3.8) is 0 Å². The highest BCUT2D eigenvalue weighted by Gasteiger charge is 2.66. The largest absolute Gasteiger partial charge is 0.468 e. The Hall–Kier alpha value is -0.780. The summed E-state index contributed by atoms with van der Waals surface area (Å²) in [5, 5.41) is 9.63. The van der Waals surface area contributed by atoms with Gasteiger partial charge in [0, 0.05) is 0 Å². The molecule has 0 aliphatic heterocycles. The molecule has 92 valence electrons. The Balaban J connectivity index is 2.02. The average molecular weight is 238 g/mol. The van der Waals surface area contributed by atoms with Gasteiger partial charge < -0.3 is 9.84 Å². The molecule has 2 bridgehead atoms. The predicted octanol–water partition coefficient (Wildman–Crippen LogP) is 1.50. The number of halogens is 3. The fourth-order valence-electron chi connectivity index (χ4n) is 3.13. The van der Waals surface area contributed by atoms with Crippen LogP contribution in [0.3, 0.4) is 0 Å². The van der Waals surface area contributed by atoms with Crippen molar-refractivity contribution in [2.24, 2.45) is 17.8 Å². The van der Waals surface area contributed by atoms with Gasteiger partial charge in [-0.15, -0.1) is 0 Å². The summed E-state index contributed by atoms with van der Waals surface area (Å²) in [4.78, 5) is 10.0. The lowest BCUT2D eigenvalue weighted by molar-refractivity contribution is -0.279. The number of hydrogen-bond acceptors (Lipinski definition) is 3. The summed E-state index contributed by atoms with van der Waals surface area (Å²) in [5.74, 6) is -0.952. The van der Waals surface area contributed by atoms with Crippen LogP contribution in [0.25, 0.3) is 0 Å². The van der Waals surface area contributed by atoms with Gasteiger partial charge in [0.1, 0.15) is 0 Å². The maximum absolute atomic E-state index is 12.6. The van der Waals surface area contributed by atoms with E-state index < -0.39 is 17.7 Å². The van der Waals surface area contributed by atoms with Crippen LogP contribution in [0.5, 0.6) is 0 Å². The lowest BCUT2D eigenvalue weighted by Crippen LogP contribution is -2.50. The molecule has 0 heterocycles. The first-order chi connectivity index (χ1) is 7.38. The first kappa shape index (κ1) is 11.7. The van der Waals surface area contributed by atoms with E-state index in [-0.39, 0.29) is 31.3 Å². The van der Waals surface area contributed by atoms with Gasteiger partial charge in [-0.25, -0.2) is 0 Å². The molecule has 0 spiro atoms. The summed E-state index contributed by atoms with van der Waals surface area (Å²) >= 11 is 0. The van der Waals surface area contributed by atoms with E-state index in [4.69, 9.17) is 0 Å². The summed E-state index contributed by atoms with van der Waals surface area (Å²) in [6.45, 7) is 0.473. The van der Waals surface area contributed by atoms with E-state index in [0.29, 0.717) is 12.9 Å². The van der Waals surface area contributed by atoms with Crippen LogP contribution in [-0.4, -0.2) is 30.0 Å². The summed E-state index contributed by atoms with van der Waals surface area (Å²) in [6, 6.07) is 0. The first-order valence-electron chi connectivity index (χ1n) is 5.23. The van der Waals surface area contributed by atoms with Gasteiger partial charge in [0.05, 0.1) is 6.61 Å². The zero-order chi connectivity index (χ0) is 12.0. The normalized spacial score (nSPS) is 42.4. The van der Waals surface area contributed by atoms with Crippen molar-refractivity contribution >= 4 is 6.47 Å². The van der Waals surface area contributed by atoms with E-state index in [1.165, 1.54) is 0 Å². The van der Waals surface area contributed by atoms with E-state index in [2.05, 4.69) is 4.74 Å². The minimum atomic E-state index is -4.55. The van der Waals surface area contributed by atoms with Crippen LogP contribution >= 0.6 is 0 Å². The lowest BCUT2D eigenvalue weighted by atomic mass is 9.78. The molecule has 4 atom stereocenters. The van der Waals surface area contributed by atoms with E-state index in [1.54, 1.807) is 0 Å². The number of alkyl halides is 3. The summed E-state index contributed by atoms with van der Waals surface area (Å²) in [7, 11) is 0. The van der Waals surface area contributed by atoms with Gasteiger partial charge in [-0.2, -0.15) is 13.2 Å². The standard InChI is InChI=1S/C10H13F3O3/c11-10(12,13)9(15)3-6-1-8(9)2-7(6)4-16-5-14/h5-8,15H,1-4H2. The van der Waals surface area contributed by atoms with E-state index >= 15 is 0 Å². The number of carbonyl (C=O) groups is 1. The van der Waals surface area contributed by atoms with Crippen LogP contribution < -0.4 is 0 Å². The van der Waals surface area contributed by atoms with E-state index in [1.807, 2.05) is 0 Å². The van der Waals surface area contributed by atoms with Crippen LogP contribution in [-0.2, 0) is 9.53 Å². The Bertz CT molecular complexity index is 292. The molecular formula is C10H13F3O3. The monoisotopic (exact) mass is 238 g/mol. The van der Waals surface area contributed by atoms with Gasteiger partial charge in [0.2, 0.25) is 0 Å². The number of ether oxygens (including phenoxy) is 1. The SMILES string of the molecule is O=COCC1CC2CC1CC2(O)C(F)(F)F. The van der Waals surface area contributed by atoms with Gasteiger partial charge in [0.15, 0.2) is 5.60 Å². The van der Waals surface area contributed by atoms with Gasteiger partial charge in [-0.05, 0) is 37.0 Å². The molecule has 0 aromatic carbocycles. The Morgan fingerprint density at radius 2 is 2.12 bits per heavy atom. The molecule has 0 saturated heterocycles.